The first-order valence-corrected chi connectivity index (χ1v) is 11.6. The molecule has 1 fully saturated rings. The minimum Gasteiger partial charge on any atom is -0.490 e. The zero-order valence-electron chi connectivity index (χ0n) is 18.0. The van der Waals surface area contributed by atoms with E-state index in [2.05, 4.69) is 0 Å². The summed E-state index contributed by atoms with van der Waals surface area (Å²) in [5.74, 6) is 0.620. The van der Waals surface area contributed by atoms with Crippen LogP contribution in [0.5, 0.6) is 11.5 Å². The molecule has 3 aromatic carbocycles. The van der Waals surface area contributed by atoms with E-state index in [0.717, 1.165) is 28.0 Å². The van der Waals surface area contributed by atoms with Crippen LogP contribution in [0, 0.1) is 0 Å². The Bertz CT molecular complexity index is 1210. The van der Waals surface area contributed by atoms with Gasteiger partial charge in [-0.2, -0.15) is 0 Å². The molecular formula is C26H20ClNO5S. The van der Waals surface area contributed by atoms with Gasteiger partial charge in [-0.25, -0.2) is 0 Å². The largest absolute Gasteiger partial charge is 0.490 e. The Morgan fingerprint density at radius 2 is 1.47 bits per heavy atom. The normalized spacial score (nSPS) is 14.5. The summed E-state index contributed by atoms with van der Waals surface area (Å²) in [5.41, 5.74) is 1.12. The average Bonchev–Trinajstić information content (AvgIpc) is 3.11. The Kier molecular flexibility index (Phi) is 7.67. The fourth-order valence-electron chi connectivity index (χ4n) is 3.15. The van der Waals surface area contributed by atoms with Gasteiger partial charge in [-0.1, -0.05) is 41.9 Å². The second kappa shape index (κ2) is 11.0. The number of imide groups is 1. The molecule has 1 heterocycles. The number of ketones is 1. The maximum absolute atomic E-state index is 12.7. The molecule has 4 rings (SSSR count). The number of halogens is 1. The Labute approximate surface area is 206 Å². The summed E-state index contributed by atoms with van der Waals surface area (Å²) < 4.78 is 11.3. The van der Waals surface area contributed by atoms with E-state index >= 15 is 0 Å². The molecule has 6 nitrogen and oxygen atoms in total. The molecular weight excluding hydrogens is 474 g/mol. The van der Waals surface area contributed by atoms with E-state index in [-0.39, 0.29) is 17.2 Å². The highest BCUT2D eigenvalue weighted by Crippen LogP contribution is 2.32. The van der Waals surface area contributed by atoms with Crippen molar-refractivity contribution in [2.24, 2.45) is 0 Å². The van der Waals surface area contributed by atoms with E-state index < -0.39 is 11.1 Å². The summed E-state index contributed by atoms with van der Waals surface area (Å²) in [4.78, 5) is 38.7. The lowest BCUT2D eigenvalue weighted by Crippen LogP contribution is -2.33. The van der Waals surface area contributed by atoms with Crippen LogP contribution in [0.2, 0.25) is 5.02 Å². The summed E-state index contributed by atoms with van der Waals surface area (Å²) in [6.45, 7) is 0.476. The fourth-order valence-corrected chi connectivity index (χ4v) is 4.12. The van der Waals surface area contributed by atoms with Gasteiger partial charge in [-0.05, 0) is 71.9 Å². The van der Waals surface area contributed by atoms with E-state index in [1.807, 2.05) is 30.3 Å². The van der Waals surface area contributed by atoms with Crippen molar-refractivity contribution in [2.45, 2.75) is 0 Å². The Morgan fingerprint density at radius 3 is 2.12 bits per heavy atom. The molecule has 0 radical (unpaired) electrons. The van der Waals surface area contributed by atoms with E-state index in [1.165, 1.54) is 0 Å². The van der Waals surface area contributed by atoms with Crippen molar-refractivity contribution >= 4 is 46.4 Å². The fraction of sp³-hybridized carbons (Fsp3) is 0.115. The first kappa shape index (κ1) is 23.6. The van der Waals surface area contributed by atoms with Crippen molar-refractivity contribution in [3.63, 3.8) is 0 Å². The van der Waals surface area contributed by atoms with E-state index in [4.69, 9.17) is 21.1 Å². The average molecular weight is 494 g/mol. The van der Waals surface area contributed by atoms with Crippen molar-refractivity contribution in [3.05, 3.63) is 99.9 Å². The van der Waals surface area contributed by atoms with Crippen molar-refractivity contribution in [1.82, 2.24) is 4.90 Å². The van der Waals surface area contributed by atoms with Crippen LogP contribution >= 0.6 is 23.4 Å². The van der Waals surface area contributed by atoms with Crippen LogP contribution in [-0.2, 0) is 4.79 Å². The molecule has 0 saturated carbocycles. The van der Waals surface area contributed by atoms with Gasteiger partial charge in [0.2, 0.25) is 0 Å². The van der Waals surface area contributed by atoms with Gasteiger partial charge in [0.05, 0.1) is 11.4 Å². The Morgan fingerprint density at radius 1 is 0.853 bits per heavy atom. The van der Waals surface area contributed by atoms with E-state index in [1.54, 1.807) is 54.6 Å². The van der Waals surface area contributed by atoms with Crippen molar-refractivity contribution in [3.8, 4) is 11.5 Å². The second-order valence-corrected chi connectivity index (χ2v) is 8.71. The minimum absolute atomic E-state index is 0.263. The summed E-state index contributed by atoms with van der Waals surface area (Å²) in [6.07, 6.45) is 1.62. The third-order valence-corrected chi connectivity index (χ3v) is 6.04. The molecule has 34 heavy (non-hydrogen) atoms. The van der Waals surface area contributed by atoms with Gasteiger partial charge >= 0.3 is 0 Å². The monoisotopic (exact) mass is 493 g/mol. The van der Waals surface area contributed by atoms with Crippen LogP contribution in [0.4, 0.5) is 4.79 Å². The third-order valence-electron chi connectivity index (χ3n) is 4.88. The van der Waals surface area contributed by atoms with Gasteiger partial charge in [0.25, 0.3) is 11.1 Å². The minimum atomic E-state index is -0.490. The van der Waals surface area contributed by atoms with Crippen molar-refractivity contribution < 1.29 is 23.9 Å². The number of nitrogens with zero attached hydrogens (tertiary/aromatic N) is 1. The maximum Gasteiger partial charge on any atom is 0.293 e. The maximum atomic E-state index is 12.7. The molecule has 0 aromatic heterocycles. The number of thioether (sulfide) groups is 1. The number of benzene rings is 3. The van der Waals surface area contributed by atoms with Crippen molar-refractivity contribution in [1.29, 1.82) is 0 Å². The topological polar surface area (TPSA) is 72.9 Å². The number of Topliss-reactive ketones (excluding diaryl/α,β-unsaturated/α-hetero) is 1. The predicted octanol–water partition coefficient (Wildman–Crippen LogP) is 5.72. The second-order valence-electron chi connectivity index (χ2n) is 7.28. The summed E-state index contributed by atoms with van der Waals surface area (Å²) >= 11 is 6.65. The van der Waals surface area contributed by atoms with Gasteiger partial charge in [-0.3, -0.25) is 19.3 Å². The predicted molar refractivity (Wildman–Crippen MR) is 132 cm³/mol. The quantitative estimate of drug-likeness (QED) is 0.216. The number of amides is 2. The zero-order valence-corrected chi connectivity index (χ0v) is 19.6. The summed E-state index contributed by atoms with van der Waals surface area (Å²) in [5, 5.41) is 0.0273. The SMILES string of the molecule is O=C(CN1C(=O)S/C(=C/c2ccc(OCCOc3ccccc3)cc2)C1=O)c1ccc(Cl)cc1. The number of para-hydroxylation sites is 1. The van der Waals surface area contributed by atoms with E-state index in [0.29, 0.717) is 29.5 Å². The van der Waals surface area contributed by atoms with Crippen LogP contribution in [0.1, 0.15) is 15.9 Å². The lowest BCUT2D eigenvalue weighted by molar-refractivity contribution is -0.122. The molecule has 0 atom stereocenters. The number of hydrogen-bond acceptors (Lipinski definition) is 6. The zero-order chi connectivity index (χ0) is 23.9. The van der Waals surface area contributed by atoms with Gasteiger partial charge in [0, 0.05) is 10.6 Å². The number of carbonyl (C=O) groups is 3. The molecule has 0 N–H and O–H groups in total. The Hall–Kier alpha value is -3.55. The molecule has 0 spiro atoms. The van der Waals surface area contributed by atoms with E-state index in [9.17, 15) is 14.4 Å². The smallest absolute Gasteiger partial charge is 0.293 e. The van der Waals surface area contributed by atoms with Crippen molar-refractivity contribution in [2.75, 3.05) is 19.8 Å². The highest BCUT2D eigenvalue weighted by molar-refractivity contribution is 8.18. The molecule has 8 heteroatoms. The molecule has 1 aliphatic heterocycles. The molecule has 2 amide bonds. The first-order chi connectivity index (χ1) is 16.5. The number of hydrogen-bond donors (Lipinski definition) is 0. The number of ether oxygens (including phenoxy) is 2. The van der Waals surface area contributed by atoms with Gasteiger partial charge in [0.15, 0.2) is 5.78 Å². The highest BCUT2D eigenvalue weighted by atomic mass is 35.5. The van der Waals surface area contributed by atoms with Crippen LogP contribution < -0.4 is 9.47 Å². The van der Waals surface area contributed by atoms with Crippen LogP contribution in [0.15, 0.2) is 83.8 Å². The molecule has 0 unspecified atom stereocenters. The van der Waals surface area contributed by atoms with Gasteiger partial charge in [0.1, 0.15) is 24.7 Å². The highest BCUT2D eigenvalue weighted by Gasteiger charge is 2.36. The third kappa shape index (κ3) is 6.07. The molecule has 172 valence electrons. The number of rotatable bonds is 9. The molecule has 1 saturated heterocycles. The number of carbonyl (C=O) groups excluding carboxylic acids is 3. The molecule has 3 aromatic rings. The lowest BCUT2D eigenvalue weighted by Gasteiger charge is -2.11. The summed E-state index contributed by atoms with van der Waals surface area (Å²) in [6, 6.07) is 22.9. The van der Waals surface area contributed by atoms with Crippen LogP contribution in [0.3, 0.4) is 0 Å². The van der Waals surface area contributed by atoms with Gasteiger partial charge < -0.3 is 9.47 Å². The first-order valence-electron chi connectivity index (χ1n) is 10.4. The van der Waals surface area contributed by atoms with Gasteiger partial charge in [-0.15, -0.1) is 0 Å². The summed E-state index contributed by atoms with van der Waals surface area (Å²) in [7, 11) is 0. The van der Waals surface area contributed by atoms with Crippen LogP contribution in [0.25, 0.3) is 6.08 Å². The molecule has 1 aliphatic rings. The Balaban J connectivity index is 1.31. The lowest BCUT2D eigenvalue weighted by atomic mass is 10.1. The van der Waals surface area contributed by atoms with Crippen LogP contribution in [-0.4, -0.2) is 41.6 Å². The molecule has 0 aliphatic carbocycles. The standard InChI is InChI=1S/C26H20ClNO5S/c27-20-10-8-19(9-11-20)23(29)17-28-25(30)24(34-26(28)31)16-18-6-12-22(13-7-18)33-15-14-32-21-4-2-1-3-5-21/h1-13,16H,14-15,17H2/b24-16+. The molecule has 0 bridgehead atoms.